The van der Waals surface area contributed by atoms with Gasteiger partial charge >= 0.3 is 5.97 Å². The van der Waals surface area contributed by atoms with Crippen molar-refractivity contribution in [1.29, 1.82) is 0 Å². The molecule has 0 radical (unpaired) electrons. The van der Waals surface area contributed by atoms with Gasteiger partial charge in [-0.25, -0.2) is 16.8 Å². The lowest BCUT2D eigenvalue weighted by Crippen LogP contribution is -2.40. The molecular weight excluding hydrogens is 356 g/mol. The zero-order chi connectivity index (χ0) is 18.7. The summed E-state index contributed by atoms with van der Waals surface area (Å²) in [5, 5.41) is 8.97. The van der Waals surface area contributed by atoms with Gasteiger partial charge < -0.3 is 5.11 Å². The quantitative estimate of drug-likeness (QED) is 0.716. The number of aliphatic carboxylic acids is 1. The minimum Gasteiger partial charge on any atom is -0.480 e. The van der Waals surface area contributed by atoms with Gasteiger partial charge in [-0.05, 0) is 25.1 Å². The first-order valence-corrected chi connectivity index (χ1v) is 10.2. The highest BCUT2D eigenvalue weighted by atomic mass is 32.2. The van der Waals surface area contributed by atoms with Gasteiger partial charge in [-0.2, -0.15) is 8.61 Å². The summed E-state index contributed by atoms with van der Waals surface area (Å²) in [4.78, 5) is 10.6. The first-order valence-electron chi connectivity index (χ1n) is 7.31. The fraction of sp³-hybridized carbons (Fsp3) is 0.500. The van der Waals surface area contributed by atoms with E-state index < -0.39 is 32.1 Å². The molecule has 0 amide bonds. The molecule has 0 aliphatic heterocycles. The van der Waals surface area contributed by atoms with Crippen LogP contribution in [-0.2, 0) is 24.8 Å². The number of carbonyl (C=O) groups is 1. The van der Waals surface area contributed by atoms with E-state index in [1.807, 2.05) is 0 Å². The van der Waals surface area contributed by atoms with Crippen molar-refractivity contribution in [1.82, 2.24) is 8.61 Å². The predicted molar refractivity (Wildman–Crippen MR) is 88.6 cm³/mol. The van der Waals surface area contributed by atoms with Crippen LogP contribution in [0.1, 0.15) is 20.8 Å². The summed E-state index contributed by atoms with van der Waals surface area (Å²) in [6.07, 6.45) is 0. The second-order valence-corrected chi connectivity index (χ2v) is 9.04. The minimum atomic E-state index is -4.14. The predicted octanol–water partition coefficient (Wildman–Crippen LogP) is 0.811. The van der Waals surface area contributed by atoms with Gasteiger partial charge in [0, 0.05) is 20.1 Å². The van der Waals surface area contributed by atoms with Crippen LogP contribution in [0.4, 0.5) is 0 Å². The molecule has 1 unspecified atom stereocenters. The van der Waals surface area contributed by atoms with Gasteiger partial charge in [0.05, 0.1) is 9.79 Å². The average Bonchev–Trinajstić information content (AvgIpc) is 2.54. The van der Waals surface area contributed by atoms with Crippen molar-refractivity contribution >= 4 is 26.0 Å². The second-order valence-electron chi connectivity index (χ2n) is 5.10. The van der Waals surface area contributed by atoms with Crippen LogP contribution in [0.25, 0.3) is 0 Å². The number of nitrogens with zero attached hydrogens (tertiary/aromatic N) is 2. The Morgan fingerprint density at radius 1 is 1.08 bits per heavy atom. The Bertz CT molecular complexity index is 800. The molecule has 136 valence electrons. The molecular formula is C14H22N2O6S2. The van der Waals surface area contributed by atoms with Gasteiger partial charge in [-0.15, -0.1) is 0 Å². The number of carboxylic acids is 1. The summed E-state index contributed by atoms with van der Waals surface area (Å²) in [6.45, 7) is 5.11. The molecule has 0 heterocycles. The fourth-order valence-corrected chi connectivity index (χ4v) is 4.98. The van der Waals surface area contributed by atoms with E-state index in [2.05, 4.69) is 0 Å². The summed E-state index contributed by atoms with van der Waals surface area (Å²) >= 11 is 0. The SMILES string of the molecule is CCN(CC)S(=O)(=O)c1cccc(S(=O)(=O)N(C)C(C)C(=O)O)c1. The van der Waals surface area contributed by atoms with Crippen LogP contribution in [0, 0.1) is 0 Å². The molecule has 8 nitrogen and oxygen atoms in total. The largest absolute Gasteiger partial charge is 0.480 e. The van der Waals surface area contributed by atoms with Crippen LogP contribution >= 0.6 is 0 Å². The third kappa shape index (κ3) is 3.94. The molecule has 0 saturated carbocycles. The maximum Gasteiger partial charge on any atom is 0.321 e. The molecule has 0 spiro atoms. The van der Waals surface area contributed by atoms with E-state index in [1.54, 1.807) is 13.8 Å². The number of benzene rings is 1. The van der Waals surface area contributed by atoms with Crippen LogP contribution in [0.15, 0.2) is 34.1 Å². The Labute approximate surface area is 142 Å². The molecule has 0 aromatic heterocycles. The number of hydrogen-bond donors (Lipinski definition) is 1. The molecule has 24 heavy (non-hydrogen) atoms. The lowest BCUT2D eigenvalue weighted by atomic mass is 10.4. The maximum atomic E-state index is 12.5. The lowest BCUT2D eigenvalue weighted by molar-refractivity contribution is -0.140. The molecule has 10 heteroatoms. The van der Waals surface area contributed by atoms with Crippen molar-refractivity contribution in [2.75, 3.05) is 20.1 Å². The summed E-state index contributed by atoms with van der Waals surface area (Å²) in [6, 6.07) is 3.64. The molecule has 0 aliphatic carbocycles. The number of carboxylic acid groups (broad SMARTS) is 1. The smallest absolute Gasteiger partial charge is 0.321 e. The van der Waals surface area contributed by atoms with Crippen molar-refractivity contribution in [3.8, 4) is 0 Å². The molecule has 1 rings (SSSR count). The molecule has 0 bridgehead atoms. The van der Waals surface area contributed by atoms with Gasteiger partial charge in [0.1, 0.15) is 6.04 Å². The van der Waals surface area contributed by atoms with Crippen LogP contribution in [0.2, 0.25) is 0 Å². The molecule has 0 aliphatic rings. The first-order chi connectivity index (χ1) is 11.0. The number of likely N-dealkylation sites (N-methyl/N-ethyl adjacent to an activating group) is 1. The van der Waals surface area contributed by atoms with Gasteiger partial charge in [-0.1, -0.05) is 19.9 Å². The number of rotatable bonds is 8. The minimum absolute atomic E-state index is 0.149. The Hall–Kier alpha value is -1.49. The van der Waals surface area contributed by atoms with E-state index in [-0.39, 0.29) is 22.9 Å². The highest BCUT2D eigenvalue weighted by Gasteiger charge is 2.31. The van der Waals surface area contributed by atoms with Gasteiger partial charge in [0.15, 0.2) is 0 Å². The number of hydrogen-bond acceptors (Lipinski definition) is 5. The third-order valence-electron chi connectivity index (χ3n) is 3.73. The van der Waals surface area contributed by atoms with Gasteiger partial charge in [0.2, 0.25) is 20.0 Å². The van der Waals surface area contributed by atoms with E-state index in [1.165, 1.54) is 29.4 Å². The summed E-state index contributed by atoms with van der Waals surface area (Å²) in [7, 11) is -6.81. The van der Waals surface area contributed by atoms with Crippen molar-refractivity contribution < 1.29 is 26.7 Å². The molecule has 1 aromatic carbocycles. The maximum absolute atomic E-state index is 12.5. The molecule has 0 fully saturated rings. The Morgan fingerprint density at radius 3 is 1.96 bits per heavy atom. The highest BCUT2D eigenvalue weighted by Crippen LogP contribution is 2.22. The van der Waals surface area contributed by atoms with Crippen molar-refractivity contribution in [3.05, 3.63) is 24.3 Å². The van der Waals surface area contributed by atoms with E-state index >= 15 is 0 Å². The van der Waals surface area contributed by atoms with E-state index in [4.69, 9.17) is 5.11 Å². The second kappa shape index (κ2) is 7.60. The summed E-state index contributed by atoms with van der Waals surface area (Å²) < 4.78 is 52.0. The van der Waals surface area contributed by atoms with Gasteiger partial charge in [0.25, 0.3) is 0 Å². The van der Waals surface area contributed by atoms with Crippen LogP contribution in [-0.4, -0.2) is 62.7 Å². The zero-order valence-corrected chi connectivity index (χ0v) is 15.6. The van der Waals surface area contributed by atoms with Crippen molar-refractivity contribution in [2.24, 2.45) is 0 Å². The van der Waals surface area contributed by atoms with E-state index in [0.717, 1.165) is 13.1 Å². The van der Waals surface area contributed by atoms with E-state index in [9.17, 15) is 21.6 Å². The average molecular weight is 378 g/mol. The zero-order valence-electron chi connectivity index (χ0n) is 14.0. The number of sulfonamides is 2. The van der Waals surface area contributed by atoms with E-state index in [0.29, 0.717) is 4.31 Å². The monoisotopic (exact) mass is 378 g/mol. The molecule has 1 N–H and O–H groups in total. The first kappa shape index (κ1) is 20.6. The molecule has 1 aromatic rings. The standard InChI is InChI=1S/C14H22N2O6S2/c1-5-16(6-2)24(21,22)13-9-7-8-12(10-13)23(19,20)15(4)11(3)14(17)18/h7-11H,5-6H2,1-4H3,(H,17,18). The van der Waals surface area contributed by atoms with Gasteiger partial charge in [-0.3, -0.25) is 4.79 Å². The summed E-state index contributed by atoms with van der Waals surface area (Å²) in [5.41, 5.74) is 0. The highest BCUT2D eigenvalue weighted by molar-refractivity contribution is 7.90. The van der Waals surface area contributed by atoms with Crippen molar-refractivity contribution in [3.63, 3.8) is 0 Å². The van der Waals surface area contributed by atoms with Crippen LogP contribution in [0.3, 0.4) is 0 Å². The molecule has 0 saturated heterocycles. The van der Waals surface area contributed by atoms with Crippen LogP contribution in [0.5, 0.6) is 0 Å². The topological polar surface area (TPSA) is 112 Å². The van der Waals surface area contributed by atoms with Crippen LogP contribution < -0.4 is 0 Å². The van der Waals surface area contributed by atoms with Crippen molar-refractivity contribution in [2.45, 2.75) is 36.6 Å². The Morgan fingerprint density at radius 2 is 1.54 bits per heavy atom. The Balaban J connectivity index is 3.38. The third-order valence-corrected chi connectivity index (χ3v) is 7.70. The lowest BCUT2D eigenvalue weighted by Gasteiger charge is -2.22. The normalized spacial score (nSPS) is 14.1. The Kier molecular flexibility index (Phi) is 6.51. The fourth-order valence-electron chi connectivity index (χ4n) is 2.04. The summed E-state index contributed by atoms with van der Waals surface area (Å²) in [5.74, 6) is -1.30. The molecule has 1 atom stereocenters.